The van der Waals surface area contributed by atoms with Gasteiger partial charge in [0.1, 0.15) is 17.5 Å². The zero-order valence-corrected chi connectivity index (χ0v) is 15.9. The Morgan fingerprint density at radius 2 is 1.93 bits per heavy atom. The summed E-state index contributed by atoms with van der Waals surface area (Å²) in [5.74, 6) is 0.449. The van der Waals surface area contributed by atoms with Gasteiger partial charge in [-0.05, 0) is 54.8 Å². The quantitative estimate of drug-likeness (QED) is 0.780. The summed E-state index contributed by atoms with van der Waals surface area (Å²) >= 11 is 0. The maximum Gasteiger partial charge on any atom is 0.255 e. The lowest BCUT2D eigenvalue weighted by molar-refractivity contribution is -0.136. The van der Waals surface area contributed by atoms with Gasteiger partial charge in [0.05, 0.1) is 6.54 Å². The molecule has 3 aliphatic heterocycles. The largest absolute Gasteiger partial charge is 0.457 e. The molecule has 2 aromatic carbocycles. The van der Waals surface area contributed by atoms with Gasteiger partial charge in [0.25, 0.3) is 5.91 Å². The van der Waals surface area contributed by atoms with E-state index in [1.165, 1.54) is 16.0 Å². The van der Waals surface area contributed by atoms with Crippen LogP contribution in [-0.4, -0.2) is 35.2 Å². The number of nitrogens with one attached hydrogen (secondary N) is 2. The molecule has 29 heavy (non-hydrogen) atoms. The second-order valence-electron chi connectivity index (χ2n) is 7.64. The maximum absolute atomic E-state index is 12.9. The molecular weight excluding hydrogens is 370 g/mol. The Morgan fingerprint density at radius 1 is 1.03 bits per heavy atom. The van der Waals surface area contributed by atoms with Crippen molar-refractivity contribution < 1.29 is 19.1 Å². The van der Waals surface area contributed by atoms with Crippen molar-refractivity contribution in [3.05, 3.63) is 58.7 Å². The molecule has 3 aliphatic rings. The molecular formula is C22H21N3O4. The second kappa shape index (κ2) is 7.00. The average molecular weight is 391 g/mol. The molecule has 2 N–H and O–H groups in total. The van der Waals surface area contributed by atoms with Crippen LogP contribution in [0.2, 0.25) is 0 Å². The molecule has 148 valence electrons. The number of ether oxygens (including phenoxy) is 1. The summed E-state index contributed by atoms with van der Waals surface area (Å²) in [4.78, 5) is 38.1. The highest BCUT2D eigenvalue weighted by atomic mass is 16.5. The molecule has 1 atom stereocenters. The van der Waals surface area contributed by atoms with E-state index in [0.717, 1.165) is 30.8 Å². The number of carbonyl (C=O) groups excluding carboxylic acids is 3. The zero-order chi connectivity index (χ0) is 20.0. The molecule has 7 heteroatoms. The van der Waals surface area contributed by atoms with Gasteiger partial charge in [-0.15, -0.1) is 0 Å². The molecule has 0 saturated carbocycles. The van der Waals surface area contributed by atoms with Crippen molar-refractivity contribution in [3.63, 3.8) is 0 Å². The van der Waals surface area contributed by atoms with Crippen molar-refractivity contribution in [2.75, 3.05) is 6.54 Å². The van der Waals surface area contributed by atoms with E-state index in [1.807, 2.05) is 18.2 Å². The van der Waals surface area contributed by atoms with Gasteiger partial charge in [0.2, 0.25) is 11.8 Å². The van der Waals surface area contributed by atoms with Crippen LogP contribution in [0, 0.1) is 0 Å². The first-order valence-electron chi connectivity index (χ1n) is 9.87. The third-order valence-corrected chi connectivity index (χ3v) is 5.83. The van der Waals surface area contributed by atoms with Gasteiger partial charge in [-0.25, -0.2) is 0 Å². The first-order chi connectivity index (χ1) is 14.1. The first-order valence-corrected chi connectivity index (χ1v) is 9.87. The van der Waals surface area contributed by atoms with E-state index in [2.05, 4.69) is 16.7 Å². The summed E-state index contributed by atoms with van der Waals surface area (Å²) in [5, 5.41) is 5.69. The number of carbonyl (C=O) groups is 3. The minimum atomic E-state index is -0.629. The van der Waals surface area contributed by atoms with Gasteiger partial charge < -0.3 is 15.0 Å². The highest BCUT2D eigenvalue weighted by molar-refractivity contribution is 6.05. The van der Waals surface area contributed by atoms with Crippen LogP contribution in [0.15, 0.2) is 36.4 Å². The Kier molecular flexibility index (Phi) is 4.32. The normalized spacial score (nSPS) is 20.9. The highest BCUT2D eigenvalue weighted by Crippen LogP contribution is 2.36. The minimum Gasteiger partial charge on any atom is -0.457 e. The maximum atomic E-state index is 12.9. The van der Waals surface area contributed by atoms with E-state index < -0.39 is 11.9 Å². The molecule has 0 spiro atoms. The van der Waals surface area contributed by atoms with Crippen LogP contribution in [0.1, 0.15) is 39.9 Å². The Balaban J connectivity index is 1.41. The van der Waals surface area contributed by atoms with Crippen LogP contribution in [0.5, 0.6) is 11.5 Å². The Hall–Kier alpha value is -3.19. The Morgan fingerprint density at radius 3 is 2.79 bits per heavy atom. The van der Waals surface area contributed by atoms with Gasteiger partial charge >= 0.3 is 0 Å². The first kappa shape index (κ1) is 17.9. The molecule has 0 aliphatic carbocycles. The summed E-state index contributed by atoms with van der Waals surface area (Å²) in [5.41, 5.74) is 3.88. The van der Waals surface area contributed by atoms with E-state index >= 15 is 0 Å². The van der Waals surface area contributed by atoms with E-state index in [-0.39, 0.29) is 18.2 Å². The van der Waals surface area contributed by atoms with Crippen LogP contribution in [0.3, 0.4) is 0 Å². The van der Waals surface area contributed by atoms with Gasteiger partial charge in [0, 0.05) is 24.1 Å². The topological polar surface area (TPSA) is 87.7 Å². The number of rotatable bonds is 3. The minimum absolute atomic E-state index is 0.199. The third kappa shape index (κ3) is 3.17. The molecule has 1 unspecified atom stereocenters. The molecule has 0 aromatic heterocycles. The summed E-state index contributed by atoms with van der Waals surface area (Å²) in [6, 6.07) is 10.9. The number of hydrogen-bond donors (Lipinski definition) is 2. The van der Waals surface area contributed by atoms with Crippen LogP contribution in [0.4, 0.5) is 0 Å². The summed E-state index contributed by atoms with van der Waals surface area (Å²) in [6.45, 7) is 2.10. The van der Waals surface area contributed by atoms with Crippen LogP contribution >= 0.6 is 0 Å². The molecule has 1 saturated heterocycles. The molecule has 1 fully saturated rings. The monoisotopic (exact) mass is 391 g/mol. The fourth-order valence-corrected chi connectivity index (χ4v) is 4.30. The molecule has 3 amide bonds. The van der Waals surface area contributed by atoms with E-state index in [4.69, 9.17) is 4.74 Å². The van der Waals surface area contributed by atoms with Crippen molar-refractivity contribution >= 4 is 17.7 Å². The lowest BCUT2D eigenvalue weighted by atomic mass is 10.0. The van der Waals surface area contributed by atoms with Crippen molar-refractivity contribution in [2.45, 2.75) is 38.4 Å². The van der Waals surface area contributed by atoms with Gasteiger partial charge in [-0.1, -0.05) is 12.1 Å². The van der Waals surface area contributed by atoms with Gasteiger partial charge in [-0.3, -0.25) is 19.7 Å². The van der Waals surface area contributed by atoms with Crippen molar-refractivity contribution in [1.29, 1.82) is 0 Å². The predicted octanol–water partition coefficient (Wildman–Crippen LogP) is 1.89. The van der Waals surface area contributed by atoms with Gasteiger partial charge in [-0.2, -0.15) is 0 Å². The average Bonchev–Trinajstić information content (AvgIpc) is 3.06. The number of nitrogens with zero attached hydrogens (tertiary/aromatic N) is 1. The molecule has 5 rings (SSSR count). The number of benzene rings is 2. The Bertz CT molecular complexity index is 1030. The number of amides is 3. The number of piperidine rings is 1. The van der Waals surface area contributed by atoms with Crippen molar-refractivity contribution in [1.82, 2.24) is 15.5 Å². The third-order valence-electron chi connectivity index (χ3n) is 5.83. The van der Waals surface area contributed by atoms with Crippen LogP contribution in [0.25, 0.3) is 0 Å². The van der Waals surface area contributed by atoms with Crippen LogP contribution in [-0.2, 0) is 29.1 Å². The molecule has 0 bridgehead atoms. The fraction of sp³-hybridized carbons (Fsp3) is 0.318. The zero-order valence-electron chi connectivity index (χ0n) is 15.9. The summed E-state index contributed by atoms with van der Waals surface area (Å²) in [6.07, 6.45) is 1.59. The van der Waals surface area contributed by atoms with E-state index in [1.54, 1.807) is 12.1 Å². The smallest absolute Gasteiger partial charge is 0.255 e. The molecule has 2 aromatic rings. The lowest BCUT2D eigenvalue weighted by Crippen LogP contribution is -2.52. The molecule has 7 nitrogen and oxygen atoms in total. The lowest BCUT2D eigenvalue weighted by Gasteiger charge is -2.29. The highest BCUT2D eigenvalue weighted by Gasteiger charge is 2.40. The van der Waals surface area contributed by atoms with Crippen molar-refractivity contribution in [3.8, 4) is 11.5 Å². The number of imide groups is 1. The molecule has 0 radical (unpaired) electrons. The van der Waals surface area contributed by atoms with E-state index in [9.17, 15) is 14.4 Å². The van der Waals surface area contributed by atoms with E-state index in [0.29, 0.717) is 24.3 Å². The predicted molar refractivity (Wildman–Crippen MR) is 104 cm³/mol. The summed E-state index contributed by atoms with van der Waals surface area (Å²) in [7, 11) is 0. The summed E-state index contributed by atoms with van der Waals surface area (Å²) < 4.78 is 6.15. The van der Waals surface area contributed by atoms with Crippen LogP contribution < -0.4 is 15.4 Å². The SMILES string of the molecule is O=C1CCC(N2Cc3c(Oc4ccc5c(c4)CNCC5)cccc3C2=O)C(=O)N1. The number of fused-ring (bicyclic) bond motifs is 2. The standard InChI is InChI=1S/C22H21N3O4/c26-20-7-6-18(21(27)24-20)25-12-17-16(22(25)28)2-1-3-19(17)29-15-5-4-13-8-9-23-11-14(13)10-15/h1-5,10,18,23H,6-9,11-12H2,(H,24,26,27). The van der Waals surface area contributed by atoms with Crippen molar-refractivity contribution in [2.24, 2.45) is 0 Å². The van der Waals surface area contributed by atoms with Gasteiger partial charge in [0.15, 0.2) is 0 Å². The second-order valence-corrected chi connectivity index (χ2v) is 7.64. The Labute approximate surface area is 168 Å². The number of hydrogen-bond acceptors (Lipinski definition) is 5. The fourth-order valence-electron chi connectivity index (χ4n) is 4.30. The molecule has 3 heterocycles.